The van der Waals surface area contributed by atoms with Crippen LogP contribution in [0.3, 0.4) is 0 Å². The molecule has 138 valence electrons. The number of amides is 1. The number of ether oxygens (including phenoxy) is 2. The van der Waals surface area contributed by atoms with E-state index in [0.29, 0.717) is 11.5 Å². The van der Waals surface area contributed by atoms with E-state index in [4.69, 9.17) is 9.47 Å². The van der Waals surface area contributed by atoms with E-state index in [2.05, 4.69) is 19.4 Å². The summed E-state index contributed by atoms with van der Waals surface area (Å²) in [5.41, 5.74) is 1.88. The van der Waals surface area contributed by atoms with Crippen molar-refractivity contribution in [2.45, 2.75) is 6.04 Å². The van der Waals surface area contributed by atoms with Gasteiger partial charge in [0.25, 0.3) is 0 Å². The second-order valence-electron chi connectivity index (χ2n) is 6.30. The number of carbonyl (C=O) groups is 1. The molecule has 0 saturated heterocycles. The van der Waals surface area contributed by atoms with Gasteiger partial charge in [0.05, 0.1) is 28.3 Å². The molecule has 5 heteroatoms. The van der Waals surface area contributed by atoms with Crippen molar-refractivity contribution in [2.75, 3.05) is 34.9 Å². The Kier molecular flexibility index (Phi) is 7.24. The molecule has 1 atom stereocenters. The maximum absolute atomic E-state index is 12.5. The van der Waals surface area contributed by atoms with Crippen LogP contribution in [-0.4, -0.2) is 40.8 Å². The number of carbonyl (C=O) groups excluding carboxylic acids is 1. The summed E-state index contributed by atoms with van der Waals surface area (Å²) in [5.74, 6) is 1.09. The van der Waals surface area contributed by atoms with Gasteiger partial charge in [0, 0.05) is 11.6 Å². The van der Waals surface area contributed by atoms with Crippen LogP contribution in [0.1, 0.15) is 17.2 Å². The highest BCUT2D eigenvalue weighted by atomic mass is 16.5. The van der Waals surface area contributed by atoms with E-state index in [0.717, 1.165) is 17.7 Å². The second kappa shape index (κ2) is 9.63. The average molecular weight is 355 g/mol. The highest BCUT2D eigenvalue weighted by Gasteiger charge is 2.16. The summed E-state index contributed by atoms with van der Waals surface area (Å²) in [4.78, 5) is 13.7. The Bertz CT molecular complexity index is 742. The van der Waals surface area contributed by atoms with Gasteiger partial charge in [0.1, 0.15) is 12.6 Å². The number of likely N-dealkylation sites (N-methyl/N-ethyl adjacent to an activating group) is 1. The van der Waals surface area contributed by atoms with Gasteiger partial charge in [-0.15, -0.1) is 0 Å². The highest BCUT2D eigenvalue weighted by molar-refractivity contribution is 5.92. The predicted octanol–water partition coefficient (Wildman–Crippen LogP) is 1.72. The number of quaternary nitrogens is 1. The fourth-order valence-corrected chi connectivity index (χ4v) is 2.77. The van der Waals surface area contributed by atoms with Crippen molar-refractivity contribution >= 4 is 12.0 Å². The van der Waals surface area contributed by atoms with Crippen LogP contribution in [0.2, 0.25) is 0 Å². The number of benzene rings is 2. The molecule has 2 aromatic carbocycles. The van der Waals surface area contributed by atoms with Crippen LogP contribution in [0.15, 0.2) is 54.6 Å². The number of hydrogen-bond donors (Lipinski definition) is 2. The molecule has 0 aromatic heterocycles. The maximum Gasteiger partial charge on any atom is 0.244 e. The lowest BCUT2D eigenvalue weighted by Gasteiger charge is -2.20. The van der Waals surface area contributed by atoms with E-state index in [9.17, 15) is 4.79 Å². The molecule has 1 amide bonds. The Morgan fingerprint density at radius 3 is 2.42 bits per heavy atom. The first-order valence-corrected chi connectivity index (χ1v) is 8.58. The third-order valence-corrected chi connectivity index (χ3v) is 3.98. The second-order valence-corrected chi connectivity index (χ2v) is 6.30. The molecule has 0 saturated carbocycles. The van der Waals surface area contributed by atoms with Crippen molar-refractivity contribution in [1.82, 2.24) is 5.32 Å². The third kappa shape index (κ3) is 5.36. The summed E-state index contributed by atoms with van der Waals surface area (Å²) in [5, 5.41) is 3.08. The van der Waals surface area contributed by atoms with E-state index in [1.807, 2.05) is 48.5 Å². The van der Waals surface area contributed by atoms with Gasteiger partial charge in [0.2, 0.25) is 5.91 Å². The molecule has 5 nitrogen and oxygen atoms in total. The number of methoxy groups -OCH3 is 2. The van der Waals surface area contributed by atoms with Crippen molar-refractivity contribution in [3.63, 3.8) is 0 Å². The smallest absolute Gasteiger partial charge is 0.244 e. The largest absolute Gasteiger partial charge is 0.493 e. The first kappa shape index (κ1) is 19.5. The lowest BCUT2D eigenvalue weighted by molar-refractivity contribution is -0.860. The summed E-state index contributed by atoms with van der Waals surface area (Å²) in [6.07, 6.45) is 3.26. The number of rotatable bonds is 8. The van der Waals surface area contributed by atoms with Crippen LogP contribution >= 0.6 is 0 Å². The lowest BCUT2D eigenvalue weighted by atomic mass is 10.1. The molecule has 2 rings (SSSR count). The summed E-state index contributed by atoms with van der Waals surface area (Å²) in [6.45, 7) is 0.798. The van der Waals surface area contributed by atoms with Gasteiger partial charge in [-0.3, -0.25) is 4.79 Å². The zero-order valence-electron chi connectivity index (χ0n) is 15.8. The molecule has 2 N–H and O–H groups in total. The molecule has 0 aliphatic heterocycles. The molecule has 2 aromatic rings. The average Bonchev–Trinajstić information content (AvgIpc) is 2.65. The molecule has 0 bridgehead atoms. The monoisotopic (exact) mass is 355 g/mol. The molecule has 0 radical (unpaired) electrons. The van der Waals surface area contributed by atoms with Crippen molar-refractivity contribution in [2.24, 2.45) is 0 Å². The van der Waals surface area contributed by atoms with Crippen molar-refractivity contribution in [3.05, 3.63) is 65.7 Å². The van der Waals surface area contributed by atoms with Crippen LogP contribution in [-0.2, 0) is 4.79 Å². The molecular weight excluding hydrogens is 328 g/mol. The van der Waals surface area contributed by atoms with Crippen molar-refractivity contribution in [1.29, 1.82) is 0 Å². The van der Waals surface area contributed by atoms with E-state index >= 15 is 0 Å². The summed E-state index contributed by atoms with van der Waals surface area (Å²) in [6, 6.07) is 15.5. The lowest BCUT2D eigenvalue weighted by Crippen LogP contribution is -3.06. The fraction of sp³-hybridized carbons (Fsp3) is 0.286. The normalized spacial score (nSPS) is 12.2. The van der Waals surface area contributed by atoms with E-state index < -0.39 is 0 Å². The first-order valence-electron chi connectivity index (χ1n) is 8.58. The molecule has 26 heavy (non-hydrogen) atoms. The Morgan fingerprint density at radius 1 is 1.08 bits per heavy atom. The first-order chi connectivity index (χ1) is 12.5. The summed E-state index contributed by atoms with van der Waals surface area (Å²) >= 11 is 0. The highest BCUT2D eigenvalue weighted by Crippen LogP contribution is 2.31. The van der Waals surface area contributed by atoms with Gasteiger partial charge >= 0.3 is 0 Å². The minimum atomic E-state index is -0.148. The predicted molar refractivity (Wildman–Crippen MR) is 104 cm³/mol. The van der Waals surface area contributed by atoms with Gasteiger partial charge in [-0.1, -0.05) is 42.5 Å². The van der Waals surface area contributed by atoms with Gasteiger partial charge in [-0.05, 0) is 17.7 Å². The Hall–Kier alpha value is -2.79. The van der Waals surface area contributed by atoms with Gasteiger partial charge in [0.15, 0.2) is 11.5 Å². The Balaban J connectivity index is 2.14. The Morgan fingerprint density at radius 2 is 1.81 bits per heavy atom. The quantitative estimate of drug-likeness (QED) is 0.709. The van der Waals surface area contributed by atoms with Crippen molar-refractivity contribution in [3.8, 4) is 11.5 Å². The third-order valence-electron chi connectivity index (χ3n) is 3.98. The van der Waals surface area contributed by atoms with Crippen LogP contribution in [0, 0.1) is 0 Å². The molecule has 0 aliphatic carbocycles. The molecular formula is C21H27N2O3+. The number of hydrogen-bond acceptors (Lipinski definition) is 3. The van der Waals surface area contributed by atoms with Crippen LogP contribution in [0.5, 0.6) is 11.5 Å². The van der Waals surface area contributed by atoms with Gasteiger partial charge in [-0.25, -0.2) is 0 Å². The molecule has 0 spiro atoms. The van der Waals surface area contributed by atoms with Gasteiger partial charge in [-0.2, -0.15) is 0 Å². The van der Waals surface area contributed by atoms with Crippen LogP contribution < -0.4 is 19.7 Å². The number of nitrogens with one attached hydrogen (secondary N) is 2. The molecule has 0 heterocycles. The van der Waals surface area contributed by atoms with Crippen LogP contribution in [0.25, 0.3) is 6.08 Å². The molecule has 0 aliphatic rings. The summed E-state index contributed by atoms with van der Waals surface area (Å²) in [7, 11) is 7.31. The fourth-order valence-electron chi connectivity index (χ4n) is 2.77. The standard InChI is InChI=1S/C21H26N2O3/c1-23(2)15-18(16-9-6-5-7-10-16)22-20(24)14-13-17-11-8-12-19(25-3)21(17)26-4/h5-14,18H,15H2,1-4H3,(H,22,24)/p+1/b14-13+/t18-/m0/s1. The van der Waals surface area contributed by atoms with E-state index in [1.54, 1.807) is 20.3 Å². The molecule has 0 fully saturated rings. The van der Waals surface area contributed by atoms with E-state index in [1.165, 1.54) is 11.0 Å². The maximum atomic E-state index is 12.5. The number of para-hydroxylation sites is 1. The molecule has 0 unspecified atom stereocenters. The van der Waals surface area contributed by atoms with Gasteiger partial charge < -0.3 is 19.7 Å². The minimum Gasteiger partial charge on any atom is -0.493 e. The van der Waals surface area contributed by atoms with Crippen molar-refractivity contribution < 1.29 is 19.2 Å². The Labute approximate surface area is 155 Å². The zero-order chi connectivity index (χ0) is 18.9. The topological polar surface area (TPSA) is 52.0 Å². The summed E-state index contributed by atoms with van der Waals surface area (Å²) < 4.78 is 10.7. The SMILES string of the molecule is COc1cccc(/C=C/C(=O)N[C@@H](C[NH+](C)C)c2ccccc2)c1OC. The zero-order valence-corrected chi connectivity index (χ0v) is 15.8. The van der Waals surface area contributed by atoms with Crippen LogP contribution in [0.4, 0.5) is 0 Å². The van der Waals surface area contributed by atoms with E-state index in [-0.39, 0.29) is 11.9 Å². The minimum absolute atomic E-state index is 0.0504.